The minimum absolute atomic E-state index is 0.664. The summed E-state index contributed by atoms with van der Waals surface area (Å²) in [7, 11) is 0. The molecule has 114 valence electrons. The van der Waals surface area contributed by atoms with E-state index in [1.165, 1.54) is 5.69 Å². The molecule has 0 bridgehead atoms. The van der Waals surface area contributed by atoms with Crippen molar-refractivity contribution in [3.63, 3.8) is 0 Å². The Hall–Kier alpha value is -1.99. The zero-order valence-electron chi connectivity index (χ0n) is 12.6. The highest BCUT2D eigenvalue weighted by molar-refractivity contribution is 7.13. The first kappa shape index (κ1) is 13.7. The first-order valence-corrected chi connectivity index (χ1v) is 8.20. The minimum Gasteiger partial charge on any atom is -0.338 e. The number of rotatable bonds is 3. The van der Waals surface area contributed by atoms with Crippen LogP contribution in [0.15, 0.2) is 22.0 Å². The van der Waals surface area contributed by atoms with Crippen molar-refractivity contribution < 1.29 is 4.52 Å². The summed E-state index contributed by atoms with van der Waals surface area (Å²) in [6.07, 6.45) is 0. The molecule has 0 atom stereocenters. The highest BCUT2D eigenvalue weighted by atomic mass is 32.1. The molecule has 0 saturated carbocycles. The molecule has 0 amide bonds. The molecule has 1 aliphatic heterocycles. The number of thiophene rings is 1. The van der Waals surface area contributed by atoms with Crippen LogP contribution >= 0.6 is 11.3 Å². The number of hydrogen-bond acceptors (Lipinski definition) is 6. The van der Waals surface area contributed by atoms with E-state index in [4.69, 9.17) is 4.52 Å². The molecule has 0 aliphatic carbocycles. The molecule has 0 unspecified atom stereocenters. The quantitative estimate of drug-likeness (QED) is 0.743. The number of aromatic nitrogens is 4. The number of fused-ring (bicyclic) bond motifs is 1. The van der Waals surface area contributed by atoms with Gasteiger partial charge >= 0.3 is 0 Å². The number of imidazole rings is 1. The van der Waals surface area contributed by atoms with Crippen LogP contribution in [-0.2, 0) is 19.6 Å². The van der Waals surface area contributed by atoms with E-state index in [9.17, 15) is 0 Å². The second-order valence-corrected chi connectivity index (χ2v) is 6.50. The lowest BCUT2D eigenvalue weighted by molar-refractivity contribution is 0.182. The van der Waals surface area contributed by atoms with Gasteiger partial charge in [0.25, 0.3) is 0 Å². The molecule has 7 heteroatoms. The molecule has 0 N–H and O–H groups in total. The van der Waals surface area contributed by atoms with Gasteiger partial charge in [0.05, 0.1) is 23.7 Å². The summed E-state index contributed by atoms with van der Waals surface area (Å²) in [5.74, 6) is 2.46. The summed E-state index contributed by atoms with van der Waals surface area (Å²) in [5.41, 5.74) is 2.39. The molecule has 0 aromatic carbocycles. The van der Waals surface area contributed by atoms with Gasteiger partial charge < -0.3 is 9.09 Å². The zero-order chi connectivity index (χ0) is 15.1. The predicted octanol–water partition coefficient (Wildman–Crippen LogP) is 2.63. The third kappa shape index (κ3) is 2.36. The topological polar surface area (TPSA) is 60.0 Å². The summed E-state index contributed by atoms with van der Waals surface area (Å²) in [6, 6.07) is 3.99. The van der Waals surface area contributed by atoms with E-state index in [0.717, 1.165) is 36.0 Å². The molecule has 4 rings (SSSR count). The van der Waals surface area contributed by atoms with Gasteiger partial charge in [-0.1, -0.05) is 11.2 Å². The van der Waals surface area contributed by atoms with E-state index in [0.29, 0.717) is 18.3 Å². The Morgan fingerprint density at radius 1 is 1.27 bits per heavy atom. The fourth-order valence-electron chi connectivity index (χ4n) is 2.81. The van der Waals surface area contributed by atoms with Gasteiger partial charge in [-0.05, 0) is 25.3 Å². The van der Waals surface area contributed by atoms with Crippen LogP contribution in [0, 0.1) is 13.8 Å². The summed E-state index contributed by atoms with van der Waals surface area (Å²) in [6.45, 7) is 7.63. The van der Waals surface area contributed by atoms with E-state index >= 15 is 0 Å². The molecule has 0 spiro atoms. The Bertz CT molecular complexity index is 789. The van der Waals surface area contributed by atoms with Crippen molar-refractivity contribution >= 4 is 11.3 Å². The SMILES string of the molecule is Cc1nc2n(c1C)CCN(Cc1nc(-c3cccs3)no1)C2. The zero-order valence-corrected chi connectivity index (χ0v) is 13.4. The normalized spacial score (nSPS) is 15.2. The van der Waals surface area contributed by atoms with Crippen molar-refractivity contribution in [2.75, 3.05) is 6.54 Å². The minimum atomic E-state index is 0.664. The largest absolute Gasteiger partial charge is 0.338 e. The molecule has 0 radical (unpaired) electrons. The lowest BCUT2D eigenvalue weighted by Gasteiger charge is -2.26. The highest BCUT2D eigenvalue weighted by Crippen LogP contribution is 2.22. The Morgan fingerprint density at radius 2 is 2.18 bits per heavy atom. The average molecular weight is 315 g/mol. The van der Waals surface area contributed by atoms with E-state index < -0.39 is 0 Å². The maximum absolute atomic E-state index is 5.38. The summed E-state index contributed by atoms with van der Waals surface area (Å²) >= 11 is 1.62. The van der Waals surface area contributed by atoms with Crippen LogP contribution in [0.4, 0.5) is 0 Å². The first-order valence-electron chi connectivity index (χ1n) is 7.32. The Balaban J connectivity index is 1.48. The van der Waals surface area contributed by atoms with Crippen molar-refractivity contribution in [2.45, 2.75) is 33.5 Å². The van der Waals surface area contributed by atoms with Gasteiger partial charge in [0.1, 0.15) is 5.82 Å². The maximum Gasteiger partial charge on any atom is 0.241 e. The van der Waals surface area contributed by atoms with Gasteiger partial charge in [0, 0.05) is 18.8 Å². The van der Waals surface area contributed by atoms with Crippen molar-refractivity contribution in [1.82, 2.24) is 24.6 Å². The third-order valence-electron chi connectivity index (χ3n) is 4.11. The standard InChI is InChI=1S/C15H17N5OS/c1-10-11(2)20-6-5-19(8-13(20)16-10)9-14-17-15(18-21-14)12-4-3-7-22-12/h3-4,7H,5-6,8-9H2,1-2H3. The highest BCUT2D eigenvalue weighted by Gasteiger charge is 2.22. The lowest BCUT2D eigenvalue weighted by atomic mass is 10.3. The lowest BCUT2D eigenvalue weighted by Crippen LogP contribution is -2.33. The van der Waals surface area contributed by atoms with Crippen molar-refractivity contribution in [3.05, 3.63) is 40.6 Å². The summed E-state index contributed by atoms with van der Waals surface area (Å²) in [5, 5.41) is 6.08. The van der Waals surface area contributed by atoms with Crippen LogP contribution in [-0.4, -0.2) is 31.1 Å². The Labute approximate surface area is 132 Å². The predicted molar refractivity (Wildman–Crippen MR) is 83.4 cm³/mol. The molecular weight excluding hydrogens is 298 g/mol. The molecule has 0 saturated heterocycles. The fraction of sp³-hybridized carbons (Fsp3) is 0.400. The summed E-state index contributed by atoms with van der Waals surface area (Å²) in [4.78, 5) is 12.5. The molecule has 3 aromatic heterocycles. The first-order chi connectivity index (χ1) is 10.7. The van der Waals surface area contributed by atoms with Crippen LogP contribution < -0.4 is 0 Å². The average Bonchev–Trinajstić information content (AvgIpc) is 3.21. The molecule has 4 heterocycles. The van der Waals surface area contributed by atoms with Gasteiger partial charge in [-0.25, -0.2) is 4.98 Å². The van der Waals surface area contributed by atoms with Gasteiger partial charge in [-0.3, -0.25) is 4.90 Å². The van der Waals surface area contributed by atoms with E-state index in [2.05, 4.69) is 38.4 Å². The van der Waals surface area contributed by atoms with Crippen molar-refractivity contribution in [2.24, 2.45) is 0 Å². The van der Waals surface area contributed by atoms with E-state index in [-0.39, 0.29) is 0 Å². The molecule has 6 nitrogen and oxygen atoms in total. The Morgan fingerprint density at radius 3 is 3.00 bits per heavy atom. The number of aryl methyl sites for hydroxylation is 1. The van der Waals surface area contributed by atoms with Crippen molar-refractivity contribution in [1.29, 1.82) is 0 Å². The smallest absolute Gasteiger partial charge is 0.241 e. The fourth-order valence-corrected chi connectivity index (χ4v) is 3.46. The van der Waals surface area contributed by atoms with Crippen LogP contribution in [0.1, 0.15) is 23.1 Å². The van der Waals surface area contributed by atoms with Gasteiger partial charge in [0.15, 0.2) is 0 Å². The van der Waals surface area contributed by atoms with Gasteiger partial charge in [-0.15, -0.1) is 11.3 Å². The van der Waals surface area contributed by atoms with Gasteiger partial charge in [0.2, 0.25) is 11.7 Å². The molecule has 3 aromatic rings. The molecule has 22 heavy (non-hydrogen) atoms. The summed E-state index contributed by atoms with van der Waals surface area (Å²) < 4.78 is 7.69. The van der Waals surface area contributed by atoms with Crippen molar-refractivity contribution in [3.8, 4) is 10.7 Å². The molecular formula is C15H17N5OS. The van der Waals surface area contributed by atoms with Crippen LogP contribution in [0.3, 0.4) is 0 Å². The molecule has 0 fully saturated rings. The maximum atomic E-state index is 5.38. The second kappa shape index (κ2) is 5.33. The van der Waals surface area contributed by atoms with E-state index in [1.54, 1.807) is 11.3 Å². The Kier molecular flexibility index (Phi) is 3.31. The second-order valence-electron chi connectivity index (χ2n) is 5.55. The van der Waals surface area contributed by atoms with Gasteiger partial charge in [-0.2, -0.15) is 4.98 Å². The van der Waals surface area contributed by atoms with E-state index in [1.807, 2.05) is 17.5 Å². The third-order valence-corrected chi connectivity index (χ3v) is 4.98. The monoisotopic (exact) mass is 315 g/mol. The van der Waals surface area contributed by atoms with Crippen LogP contribution in [0.2, 0.25) is 0 Å². The number of hydrogen-bond donors (Lipinski definition) is 0. The molecule has 1 aliphatic rings. The van der Waals surface area contributed by atoms with Crippen LogP contribution in [0.25, 0.3) is 10.7 Å². The van der Waals surface area contributed by atoms with Crippen LogP contribution in [0.5, 0.6) is 0 Å². The number of nitrogens with zero attached hydrogens (tertiary/aromatic N) is 5.